The average Bonchev–Trinajstić information content (AvgIpc) is 2.54. The Morgan fingerprint density at radius 2 is 2.33 bits per heavy atom. The molecule has 1 aliphatic rings. The molecule has 4 heteroatoms. The van der Waals surface area contributed by atoms with Crippen molar-refractivity contribution < 1.29 is 9.84 Å². The van der Waals surface area contributed by atoms with Gasteiger partial charge in [0.1, 0.15) is 5.60 Å². The summed E-state index contributed by atoms with van der Waals surface area (Å²) in [6, 6.07) is 0. The molecular weight excluding hydrogens is 210 g/mol. The fourth-order valence-electron chi connectivity index (χ4n) is 1.80. The second-order valence-corrected chi connectivity index (χ2v) is 5.23. The number of hydrogen-bond donors (Lipinski definition) is 2. The molecule has 2 N–H and O–H groups in total. The first-order valence-electron chi connectivity index (χ1n) is 5.73. The molecule has 0 radical (unpaired) electrons. The zero-order valence-corrected chi connectivity index (χ0v) is 10.6. The summed E-state index contributed by atoms with van der Waals surface area (Å²) in [7, 11) is 0. The summed E-state index contributed by atoms with van der Waals surface area (Å²) in [6.07, 6.45) is 5.29. The Labute approximate surface area is 97.0 Å². The molecule has 1 saturated heterocycles. The van der Waals surface area contributed by atoms with Crippen LogP contribution in [0.2, 0.25) is 0 Å². The maximum Gasteiger partial charge on any atom is 0.105 e. The minimum Gasteiger partial charge on any atom is -0.386 e. The lowest BCUT2D eigenvalue weighted by Crippen LogP contribution is -2.46. The molecule has 2 atom stereocenters. The zero-order valence-electron chi connectivity index (χ0n) is 9.79. The third-order valence-electron chi connectivity index (χ3n) is 3.04. The van der Waals surface area contributed by atoms with Crippen LogP contribution >= 0.6 is 11.8 Å². The van der Waals surface area contributed by atoms with Crippen LogP contribution in [0.5, 0.6) is 0 Å². The Morgan fingerprint density at radius 3 is 2.93 bits per heavy atom. The molecule has 3 nitrogen and oxygen atoms in total. The molecule has 0 amide bonds. The predicted octanol–water partition coefficient (Wildman–Crippen LogP) is 1.26. The minimum absolute atomic E-state index is 0.0313. The summed E-state index contributed by atoms with van der Waals surface area (Å²) in [4.78, 5) is 0. The third-order valence-corrected chi connectivity index (χ3v) is 3.74. The zero-order chi connectivity index (χ0) is 11.1. The van der Waals surface area contributed by atoms with Gasteiger partial charge in [-0.1, -0.05) is 0 Å². The summed E-state index contributed by atoms with van der Waals surface area (Å²) < 4.78 is 5.37. The standard InChI is InChI=1S/C11H23NO2S/c1-10-11(13,5-7-14-10)9-12-6-3-4-8-15-2/h10,12-13H,3-9H2,1-2H3. The van der Waals surface area contributed by atoms with Crippen LogP contribution in [-0.4, -0.2) is 48.5 Å². The summed E-state index contributed by atoms with van der Waals surface area (Å²) in [5.41, 5.74) is -0.639. The molecule has 0 aliphatic carbocycles. The van der Waals surface area contributed by atoms with Gasteiger partial charge in [0.05, 0.1) is 6.10 Å². The van der Waals surface area contributed by atoms with Gasteiger partial charge in [-0.25, -0.2) is 0 Å². The first-order valence-corrected chi connectivity index (χ1v) is 7.12. The number of thioether (sulfide) groups is 1. The maximum atomic E-state index is 10.2. The number of unbranched alkanes of at least 4 members (excludes halogenated alkanes) is 1. The summed E-state index contributed by atoms with van der Waals surface area (Å²) in [6.45, 7) is 4.29. The van der Waals surface area contributed by atoms with Gasteiger partial charge >= 0.3 is 0 Å². The molecule has 0 aromatic carbocycles. The van der Waals surface area contributed by atoms with Crippen molar-refractivity contribution in [3.8, 4) is 0 Å². The monoisotopic (exact) mass is 233 g/mol. The number of ether oxygens (including phenoxy) is 1. The Morgan fingerprint density at radius 1 is 1.53 bits per heavy atom. The van der Waals surface area contributed by atoms with Gasteiger partial charge in [-0.3, -0.25) is 0 Å². The van der Waals surface area contributed by atoms with E-state index in [1.165, 1.54) is 18.6 Å². The molecule has 0 bridgehead atoms. The van der Waals surface area contributed by atoms with E-state index in [2.05, 4.69) is 11.6 Å². The van der Waals surface area contributed by atoms with E-state index in [1.54, 1.807) is 0 Å². The number of rotatable bonds is 7. The first-order chi connectivity index (χ1) is 7.19. The summed E-state index contributed by atoms with van der Waals surface area (Å²) in [5.74, 6) is 1.23. The Kier molecular flexibility index (Phi) is 5.97. The van der Waals surface area contributed by atoms with E-state index < -0.39 is 5.60 Å². The highest BCUT2D eigenvalue weighted by molar-refractivity contribution is 7.98. The molecular formula is C11H23NO2S. The highest BCUT2D eigenvalue weighted by atomic mass is 32.2. The van der Waals surface area contributed by atoms with Crippen LogP contribution in [0.4, 0.5) is 0 Å². The van der Waals surface area contributed by atoms with Gasteiger partial charge < -0.3 is 15.2 Å². The third kappa shape index (κ3) is 4.31. The first kappa shape index (κ1) is 13.3. The quantitative estimate of drug-likeness (QED) is 0.650. The largest absolute Gasteiger partial charge is 0.386 e. The predicted molar refractivity (Wildman–Crippen MR) is 65.5 cm³/mol. The van der Waals surface area contributed by atoms with E-state index in [-0.39, 0.29) is 6.10 Å². The second kappa shape index (κ2) is 6.74. The van der Waals surface area contributed by atoms with Crippen molar-refractivity contribution in [3.63, 3.8) is 0 Å². The molecule has 1 rings (SSSR count). The topological polar surface area (TPSA) is 41.5 Å². The Hall–Kier alpha value is 0.230. The normalized spacial score (nSPS) is 31.0. The van der Waals surface area contributed by atoms with Gasteiger partial charge in [-0.15, -0.1) is 0 Å². The molecule has 15 heavy (non-hydrogen) atoms. The Bertz CT molecular complexity index is 180. The molecule has 0 saturated carbocycles. The fourth-order valence-corrected chi connectivity index (χ4v) is 2.30. The molecule has 2 unspecified atom stereocenters. The maximum absolute atomic E-state index is 10.2. The molecule has 90 valence electrons. The van der Waals surface area contributed by atoms with Crippen LogP contribution in [0.3, 0.4) is 0 Å². The van der Waals surface area contributed by atoms with Crippen LogP contribution in [0.15, 0.2) is 0 Å². The van der Waals surface area contributed by atoms with Crippen LogP contribution in [-0.2, 0) is 4.74 Å². The lowest BCUT2D eigenvalue weighted by Gasteiger charge is -2.26. The van der Waals surface area contributed by atoms with E-state index >= 15 is 0 Å². The van der Waals surface area contributed by atoms with E-state index in [9.17, 15) is 5.11 Å². The minimum atomic E-state index is -0.639. The van der Waals surface area contributed by atoms with Crippen molar-refractivity contribution in [2.24, 2.45) is 0 Å². The van der Waals surface area contributed by atoms with Crippen molar-refractivity contribution in [1.29, 1.82) is 0 Å². The lowest BCUT2D eigenvalue weighted by atomic mass is 9.97. The van der Waals surface area contributed by atoms with Crippen LogP contribution in [0.25, 0.3) is 0 Å². The molecule has 0 aromatic rings. The van der Waals surface area contributed by atoms with E-state index in [1.807, 2.05) is 18.7 Å². The number of hydrogen-bond acceptors (Lipinski definition) is 4. The SMILES string of the molecule is CSCCCCNCC1(O)CCOC1C. The van der Waals surface area contributed by atoms with E-state index in [0.29, 0.717) is 13.2 Å². The molecule has 0 aromatic heterocycles. The molecule has 0 spiro atoms. The van der Waals surface area contributed by atoms with Crippen molar-refractivity contribution in [1.82, 2.24) is 5.32 Å². The fraction of sp³-hybridized carbons (Fsp3) is 1.00. The van der Waals surface area contributed by atoms with Gasteiger partial charge in [0.15, 0.2) is 0 Å². The highest BCUT2D eigenvalue weighted by Gasteiger charge is 2.38. The van der Waals surface area contributed by atoms with Gasteiger partial charge in [-0.05, 0) is 38.3 Å². The Balaban J connectivity index is 2.04. The van der Waals surface area contributed by atoms with Gasteiger partial charge in [0.2, 0.25) is 0 Å². The van der Waals surface area contributed by atoms with Crippen molar-refractivity contribution in [2.75, 3.05) is 31.7 Å². The summed E-state index contributed by atoms with van der Waals surface area (Å²) in [5, 5.41) is 13.5. The van der Waals surface area contributed by atoms with E-state index in [0.717, 1.165) is 13.0 Å². The number of nitrogens with one attached hydrogen (secondary N) is 1. The molecule has 1 fully saturated rings. The highest BCUT2D eigenvalue weighted by Crippen LogP contribution is 2.24. The molecule has 1 aliphatic heterocycles. The van der Waals surface area contributed by atoms with Crippen LogP contribution < -0.4 is 5.32 Å². The van der Waals surface area contributed by atoms with Gasteiger partial charge in [-0.2, -0.15) is 11.8 Å². The van der Waals surface area contributed by atoms with E-state index in [4.69, 9.17) is 4.74 Å². The van der Waals surface area contributed by atoms with Crippen molar-refractivity contribution >= 4 is 11.8 Å². The van der Waals surface area contributed by atoms with Crippen LogP contribution in [0, 0.1) is 0 Å². The number of aliphatic hydroxyl groups is 1. The van der Waals surface area contributed by atoms with Gasteiger partial charge in [0.25, 0.3) is 0 Å². The molecule has 1 heterocycles. The van der Waals surface area contributed by atoms with Crippen LogP contribution in [0.1, 0.15) is 26.2 Å². The lowest BCUT2D eigenvalue weighted by molar-refractivity contribution is -0.0260. The average molecular weight is 233 g/mol. The second-order valence-electron chi connectivity index (χ2n) is 4.24. The smallest absolute Gasteiger partial charge is 0.105 e. The van der Waals surface area contributed by atoms with Gasteiger partial charge in [0, 0.05) is 19.6 Å². The summed E-state index contributed by atoms with van der Waals surface area (Å²) >= 11 is 1.89. The van der Waals surface area contributed by atoms with Crippen molar-refractivity contribution in [3.05, 3.63) is 0 Å². The van der Waals surface area contributed by atoms with Crippen molar-refractivity contribution in [2.45, 2.75) is 37.9 Å².